The Hall–Kier alpha value is -2.79. The highest BCUT2D eigenvalue weighted by Crippen LogP contribution is 2.61. The van der Waals surface area contributed by atoms with Crippen LogP contribution in [0.3, 0.4) is 0 Å². The second-order valence-electron chi connectivity index (χ2n) is 11.9. The van der Waals surface area contributed by atoms with Gasteiger partial charge in [-0.15, -0.1) is 0 Å². The molecule has 3 heterocycles. The molecule has 51 heavy (non-hydrogen) atoms. The minimum atomic E-state index is -5.56. The van der Waals surface area contributed by atoms with Crippen LogP contribution >= 0.6 is 23.5 Å². The minimum Gasteiger partial charge on any atom is -0.386 e. The number of carbonyl (C=O) groups excluding carboxylic acids is 3. The van der Waals surface area contributed by atoms with Crippen LogP contribution in [-0.2, 0) is 50.7 Å². The minimum absolute atomic E-state index is 0.0267. The van der Waals surface area contributed by atoms with Gasteiger partial charge in [0.25, 0.3) is 0 Å². The Balaban J connectivity index is 1.55. The number of nitrogens with zero attached hydrogens (tertiary/aromatic N) is 4. The number of phosphoric ester groups is 3. The van der Waals surface area contributed by atoms with Gasteiger partial charge in [0.15, 0.2) is 17.7 Å². The smallest absolute Gasteiger partial charge is 0.386 e. The van der Waals surface area contributed by atoms with Crippen LogP contribution in [0.1, 0.15) is 46.3 Å². The van der Waals surface area contributed by atoms with Crippen molar-refractivity contribution in [3.63, 3.8) is 0 Å². The van der Waals surface area contributed by atoms with E-state index in [1.54, 1.807) is 0 Å². The number of nitrogens with two attached hydrogens (primary N) is 1. The lowest BCUT2D eigenvalue weighted by molar-refractivity contribution is -0.137. The van der Waals surface area contributed by atoms with Gasteiger partial charge < -0.3 is 55.7 Å². The molecule has 1 aliphatic heterocycles. The van der Waals surface area contributed by atoms with E-state index < -0.39 is 84.6 Å². The van der Waals surface area contributed by atoms with Gasteiger partial charge in [-0.1, -0.05) is 13.8 Å². The van der Waals surface area contributed by atoms with Gasteiger partial charge in [0.2, 0.25) is 11.8 Å². The number of aliphatic hydroxyl groups is 2. The summed E-state index contributed by atoms with van der Waals surface area (Å²) in [6.07, 6.45) is -6.12. The fraction of sp³-hybridized carbons (Fsp3) is 0.667. The Labute approximate surface area is 289 Å². The summed E-state index contributed by atoms with van der Waals surface area (Å²) in [7, 11) is -16.4. The third-order valence-corrected chi connectivity index (χ3v) is 10.2. The lowest BCUT2D eigenvalue weighted by Crippen LogP contribution is -2.46. The summed E-state index contributed by atoms with van der Waals surface area (Å²) in [6, 6.07) is 0. The van der Waals surface area contributed by atoms with Crippen molar-refractivity contribution in [1.29, 1.82) is 0 Å². The van der Waals surface area contributed by atoms with Crippen LogP contribution in [0.15, 0.2) is 12.7 Å². The maximum Gasteiger partial charge on any atom is 0.481 e. The zero-order chi connectivity index (χ0) is 38.4. The predicted octanol–water partition coefficient (Wildman–Crippen LogP) is -1.23. The van der Waals surface area contributed by atoms with Crippen LogP contribution in [-0.4, -0.2) is 118 Å². The third-order valence-electron chi connectivity index (χ3n) is 7.11. The fourth-order valence-corrected chi connectivity index (χ4v) is 7.33. The molecular weight excluding hydrogens is 751 g/mol. The van der Waals surface area contributed by atoms with Gasteiger partial charge in [-0.2, -0.15) is 4.31 Å². The zero-order valence-corrected chi connectivity index (χ0v) is 30.1. The molecule has 7 atom stereocenters. The number of Topliss-reactive ketones (excluding diaryl/α,β-unsaturated/α-hetero) is 1. The molecule has 24 nitrogen and oxygen atoms in total. The van der Waals surface area contributed by atoms with E-state index in [9.17, 15) is 57.9 Å². The maximum atomic E-state index is 12.6. The second kappa shape index (κ2) is 17.4. The molecule has 2 aromatic rings. The number of fused-ring (bicyclic) bond motifs is 1. The van der Waals surface area contributed by atoms with E-state index in [2.05, 4.69) is 34.4 Å². The number of nitrogen functional groups attached to an aromatic ring is 1. The van der Waals surface area contributed by atoms with E-state index in [1.807, 2.05) is 0 Å². The Kier molecular flexibility index (Phi) is 14.5. The van der Waals surface area contributed by atoms with Gasteiger partial charge in [-0.25, -0.2) is 28.6 Å². The molecule has 2 amide bonds. The van der Waals surface area contributed by atoms with Gasteiger partial charge in [0.05, 0.1) is 19.5 Å². The fourth-order valence-electron chi connectivity index (χ4n) is 4.50. The second-order valence-corrected chi connectivity index (χ2v) is 16.1. The first-order chi connectivity index (χ1) is 23.5. The first-order valence-corrected chi connectivity index (χ1v) is 19.4. The standard InChI is InChI=1S/C24H40N7O17P3/c1-13(32)5-4-7-26-15(33)6-8-27-22(36)19(35)24(2,3)10-45-51(42,43)48-50(40,41)44-9-14-18(47-49(37,38)39)17(34)23(46-14)31-12-30-16-20(25)28-11-29-21(16)31/h11-12,14,17-19,23,34-35H,4-10H2,1-3H3,(H,26,33)(H,27,36)(H,40,41)(H,42,43)(H2,25,28,29)(H2,37,38,39). The van der Waals surface area contributed by atoms with Crippen molar-refractivity contribution in [3.8, 4) is 0 Å². The number of rotatable bonds is 20. The number of hydrogen-bond donors (Lipinski definition) is 9. The highest BCUT2D eigenvalue weighted by Gasteiger charge is 2.50. The number of hydrogen-bond acceptors (Lipinski definition) is 17. The molecule has 0 bridgehead atoms. The topological polar surface area (TPSA) is 364 Å². The SMILES string of the molecule is CC(=O)CCCNC(=O)CCNC(=O)C(O)C(C)(C)COP(=O)(O)OP(=O)(O)OCC1OC(n2cnc3c(N)ncnc32)C(O)C1OP(=O)(O)O. The molecule has 0 aliphatic carbocycles. The predicted molar refractivity (Wildman–Crippen MR) is 170 cm³/mol. The summed E-state index contributed by atoms with van der Waals surface area (Å²) in [6.45, 7) is 1.99. The van der Waals surface area contributed by atoms with Gasteiger partial charge >= 0.3 is 23.5 Å². The van der Waals surface area contributed by atoms with Crippen LogP contribution in [0, 0.1) is 5.41 Å². The molecule has 0 aromatic carbocycles. The lowest BCUT2D eigenvalue weighted by atomic mass is 9.87. The summed E-state index contributed by atoms with van der Waals surface area (Å²) in [5.74, 6) is -1.46. The number of carbonyl (C=O) groups is 3. The van der Waals surface area contributed by atoms with E-state index >= 15 is 0 Å². The number of anilines is 1. The number of amides is 2. The third kappa shape index (κ3) is 12.7. The van der Waals surface area contributed by atoms with Crippen LogP contribution < -0.4 is 16.4 Å². The highest BCUT2D eigenvalue weighted by molar-refractivity contribution is 7.61. The number of aliphatic hydroxyl groups excluding tert-OH is 2. The molecule has 27 heteroatoms. The molecule has 1 fully saturated rings. The Morgan fingerprint density at radius 3 is 2.35 bits per heavy atom. The van der Waals surface area contributed by atoms with E-state index in [0.717, 1.165) is 17.2 Å². The molecule has 10 N–H and O–H groups in total. The Morgan fingerprint density at radius 2 is 1.71 bits per heavy atom. The van der Waals surface area contributed by atoms with Crippen molar-refractivity contribution < 1.29 is 80.5 Å². The zero-order valence-electron chi connectivity index (χ0n) is 27.4. The van der Waals surface area contributed by atoms with Crippen molar-refractivity contribution in [2.45, 2.75) is 70.7 Å². The monoisotopic (exact) mass is 791 g/mol. The van der Waals surface area contributed by atoms with Crippen molar-refractivity contribution in [2.24, 2.45) is 5.41 Å². The Bertz CT molecular complexity index is 1700. The molecule has 2 aromatic heterocycles. The van der Waals surface area contributed by atoms with Crippen molar-refractivity contribution in [2.75, 3.05) is 32.0 Å². The normalized spacial score (nSPS) is 22.6. The van der Waals surface area contributed by atoms with Crippen LogP contribution in [0.4, 0.5) is 5.82 Å². The largest absolute Gasteiger partial charge is 0.481 e. The lowest BCUT2D eigenvalue weighted by Gasteiger charge is -2.30. The Morgan fingerprint density at radius 1 is 1.04 bits per heavy atom. The molecule has 1 aliphatic rings. The molecule has 3 rings (SSSR count). The van der Waals surface area contributed by atoms with E-state index in [1.165, 1.54) is 20.8 Å². The number of phosphoric acid groups is 3. The molecule has 0 radical (unpaired) electrons. The summed E-state index contributed by atoms with van der Waals surface area (Å²) in [4.78, 5) is 86.0. The first-order valence-electron chi connectivity index (χ1n) is 14.9. The van der Waals surface area contributed by atoms with Crippen LogP contribution in [0.5, 0.6) is 0 Å². The molecule has 0 spiro atoms. The number of ether oxygens (including phenoxy) is 1. The van der Waals surface area contributed by atoms with Crippen LogP contribution in [0.25, 0.3) is 11.2 Å². The van der Waals surface area contributed by atoms with E-state index in [0.29, 0.717) is 12.8 Å². The number of imidazole rings is 1. The summed E-state index contributed by atoms with van der Waals surface area (Å²) < 4.78 is 61.8. The van der Waals surface area contributed by atoms with Crippen molar-refractivity contribution in [1.82, 2.24) is 30.2 Å². The highest BCUT2D eigenvalue weighted by atomic mass is 31.3. The summed E-state index contributed by atoms with van der Waals surface area (Å²) in [5.41, 5.74) is 4.26. The average molecular weight is 792 g/mol. The first kappa shape index (κ1) is 42.6. The molecule has 7 unspecified atom stereocenters. The van der Waals surface area contributed by atoms with Crippen molar-refractivity contribution >= 4 is 58.0 Å². The van der Waals surface area contributed by atoms with E-state index in [-0.39, 0.29) is 42.3 Å². The van der Waals surface area contributed by atoms with Gasteiger partial charge in [0.1, 0.15) is 42.0 Å². The average Bonchev–Trinajstić information content (AvgIpc) is 3.57. The maximum absolute atomic E-state index is 12.6. The summed E-state index contributed by atoms with van der Waals surface area (Å²) >= 11 is 0. The van der Waals surface area contributed by atoms with Gasteiger partial charge in [-0.3, -0.25) is 27.7 Å². The molecule has 0 saturated carbocycles. The molecular formula is C24H40N7O17P3. The quantitative estimate of drug-likeness (QED) is 0.0560. The van der Waals surface area contributed by atoms with Gasteiger partial charge in [-0.05, 0) is 13.3 Å². The number of aromatic nitrogens is 4. The van der Waals surface area contributed by atoms with E-state index in [4.69, 9.17) is 19.5 Å². The van der Waals surface area contributed by atoms with Crippen LogP contribution in [0.2, 0.25) is 0 Å². The van der Waals surface area contributed by atoms with Gasteiger partial charge in [0, 0.05) is 31.3 Å². The van der Waals surface area contributed by atoms with Crippen molar-refractivity contribution in [3.05, 3.63) is 12.7 Å². The number of nitrogens with one attached hydrogen (secondary N) is 2. The number of ketones is 1. The molecule has 288 valence electrons. The molecule has 1 saturated heterocycles. The summed E-state index contributed by atoms with van der Waals surface area (Å²) in [5, 5.41) is 26.2.